The molecule has 3 rings (SSSR count). The monoisotopic (exact) mass is 326 g/mol. The average molecular weight is 327 g/mol. The lowest BCUT2D eigenvalue weighted by Crippen LogP contribution is -2.42. The molecular weight excluding hydrogens is 316 g/mol. The Labute approximate surface area is 136 Å². The molecule has 1 aromatic heterocycles. The van der Waals surface area contributed by atoms with Crippen molar-refractivity contribution in [3.05, 3.63) is 71.0 Å². The minimum Gasteiger partial charge on any atom is -0.267 e. The molecule has 2 aromatic carbocycles. The normalized spacial score (nSPS) is 10.3. The highest BCUT2D eigenvalue weighted by molar-refractivity contribution is 6.30. The van der Waals surface area contributed by atoms with E-state index in [4.69, 9.17) is 11.6 Å². The topological polar surface area (TPSA) is 84.0 Å². The van der Waals surface area contributed by atoms with Gasteiger partial charge in [0.2, 0.25) is 0 Å². The van der Waals surface area contributed by atoms with E-state index in [2.05, 4.69) is 20.8 Å². The largest absolute Gasteiger partial charge is 0.289 e. The Kier molecular flexibility index (Phi) is 4.16. The Hall–Kier alpha value is -2.99. The lowest BCUT2D eigenvalue weighted by molar-refractivity contribution is 0.0844. The molecule has 0 atom stereocenters. The fraction of sp³-hybridized carbons (Fsp3) is 0. The zero-order chi connectivity index (χ0) is 16.2. The summed E-state index contributed by atoms with van der Waals surface area (Å²) in [5.41, 5.74) is 6.39. The summed E-state index contributed by atoms with van der Waals surface area (Å²) in [6, 6.07) is 13.5. The van der Waals surface area contributed by atoms with Crippen LogP contribution in [0.4, 0.5) is 0 Å². The second-order valence-corrected chi connectivity index (χ2v) is 5.10. The number of benzene rings is 2. The minimum absolute atomic E-state index is 0.111. The molecule has 1 heterocycles. The molecule has 0 saturated carbocycles. The number of para-hydroxylation sites is 2. The van der Waals surface area contributed by atoms with Crippen molar-refractivity contribution in [1.29, 1.82) is 0 Å². The van der Waals surface area contributed by atoms with Gasteiger partial charge in [0.05, 0.1) is 17.2 Å². The van der Waals surface area contributed by atoms with Gasteiger partial charge in [0.25, 0.3) is 11.8 Å². The predicted octanol–water partition coefficient (Wildman–Crippen LogP) is 2.36. The molecule has 0 aliphatic carbocycles. The van der Waals surface area contributed by atoms with Gasteiger partial charge in [0.1, 0.15) is 5.69 Å². The molecule has 0 spiro atoms. The summed E-state index contributed by atoms with van der Waals surface area (Å²) in [7, 11) is 0. The van der Waals surface area contributed by atoms with Crippen molar-refractivity contribution in [3.63, 3.8) is 0 Å². The molecule has 0 aliphatic rings. The maximum Gasteiger partial charge on any atom is 0.289 e. The standard InChI is InChI=1S/C16H11ClN4O2/c17-11-7-5-10(6-8-11)15(22)20-21-16(23)14-9-18-12-3-1-2-4-13(12)19-14/h1-9H,(H,20,22)(H,21,23). The van der Waals surface area contributed by atoms with Crippen LogP contribution in [-0.2, 0) is 0 Å². The number of nitrogens with zero attached hydrogens (tertiary/aromatic N) is 2. The van der Waals surface area contributed by atoms with E-state index in [0.29, 0.717) is 21.6 Å². The molecule has 0 aliphatic heterocycles. The van der Waals surface area contributed by atoms with Crippen molar-refractivity contribution >= 4 is 34.4 Å². The number of rotatable bonds is 2. The number of hydrazine groups is 1. The maximum absolute atomic E-state index is 12.0. The maximum atomic E-state index is 12.0. The van der Waals surface area contributed by atoms with Gasteiger partial charge in [-0.1, -0.05) is 23.7 Å². The van der Waals surface area contributed by atoms with Crippen LogP contribution < -0.4 is 10.9 Å². The molecule has 2 amide bonds. The van der Waals surface area contributed by atoms with Crippen molar-refractivity contribution in [2.75, 3.05) is 0 Å². The van der Waals surface area contributed by atoms with Gasteiger partial charge in [0, 0.05) is 10.6 Å². The number of carbonyl (C=O) groups excluding carboxylic acids is 2. The highest BCUT2D eigenvalue weighted by atomic mass is 35.5. The van der Waals surface area contributed by atoms with Crippen LogP contribution in [0.15, 0.2) is 54.7 Å². The van der Waals surface area contributed by atoms with Crippen LogP contribution in [0.2, 0.25) is 5.02 Å². The highest BCUT2D eigenvalue weighted by Gasteiger charge is 2.11. The van der Waals surface area contributed by atoms with Crippen LogP contribution in [0, 0.1) is 0 Å². The van der Waals surface area contributed by atoms with E-state index in [1.807, 2.05) is 6.07 Å². The summed E-state index contributed by atoms with van der Waals surface area (Å²) in [4.78, 5) is 32.3. The Morgan fingerprint density at radius 2 is 1.52 bits per heavy atom. The summed E-state index contributed by atoms with van der Waals surface area (Å²) in [5, 5.41) is 0.525. The van der Waals surface area contributed by atoms with Gasteiger partial charge in [-0.05, 0) is 36.4 Å². The summed E-state index contributed by atoms with van der Waals surface area (Å²) in [5.74, 6) is -1.01. The molecule has 0 unspecified atom stereocenters. The average Bonchev–Trinajstić information content (AvgIpc) is 2.59. The lowest BCUT2D eigenvalue weighted by Gasteiger charge is -2.07. The van der Waals surface area contributed by atoms with E-state index in [-0.39, 0.29) is 5.69 Å². The Balaban J connectivity index is 1.68. The van der Waals surface area contributed by atoms with Gasteiger partial charge >= 0.3 is 0 Å². The molecule has 0 fully saturated rings. The number of nitrogens with one attached hydrogen (secondary N) is 2. The fourth-order valence-electron chi connectivity index (χ4n) is 1.92. The van der Waals surface area contributed by atoms with Gasteiger partial charge in [-0.2, -0.15) is 0 Å². The van der Waals surface area contributed by atoms with Crippen molar-refractivity contribution < 1.29 is 9.59 Å². The summed E-state index contributed by atoms with van der Waals surface area (Å²) < 4.78 is 0. The molecule has 0 bridgehead atoms. The molecule has 114 valence electrons. The summed E-state index contributed by atoms with van der Waals surface area (Å²) in [6.07, 6.45) is 1.35. The Morgan fingerprint density at radius 3 is 2.26 bits per heavy atom. The molecule has 2 N–H and O–H groups in total. The van der Waals surface area contributed by atoms with E-state index >= 15 is 0 Å². The van der Waals surface area contributed by atoms with Crippen molar-refractivity contribution in [3.8, 4) is 0 Å². The number of fused-ring (bicyclic) bond motifs is 1. The van der Waals surface area contributed by atoms with E-state index in [1.165, 1.54) is 6.20 Å². The molecule has 23 heavy (non-hydrogen) atoms. The Bertz CT molecular complexity index is 881. The molecule has 0 radical (unpaired) electrons. The number of aromatic nitrogens is 2. The van der Waals surface area contributed by atoms with Gasteiger partial charge in [-0.25, -0.2) is 4.98 Å². The van der Waals surface area contributed by atoms with Crippen LogP contribution >= 0.6 is 11.6 Å². The third-order valence-corrected chi connectivity index (χ3v) is 3.33. The molecule has 7 heteroatoms. The second-order valence-electron chi connectivity index (χ2n) is 4.66. The summed E-state index contributed by atoms with van der Waals surface area (Å²) in [6.45, 7) is 0. The van der Waals surface area contributed by atoms with Crippen molar-refractivity contribution in [2.45, 2.75) is 0 Å². The lowest BCUT2D eigenvalue weighted by atomic mass is 10.2. The van der Waals surface area contributed by atoms with Gasteiger partial charge in [0.15, 0.2) is 0 Å². The number of halogens is 1. The van der Waals surface area contributed by atoms with Gasteiger partial charge in [-0.15, -0.1) is 0 Å². The first kappa shape index (κ1) is 14.9. The van der Waals surface area contributed by atoms with Crippen LogP contribution in [-0.4, -0.2) is 21.8 Å². The van der Waals surface area contributed by atoms with E-state index in [1.54, 1.807) is 42.5 Å². The van der Waals surface area contributed by atoms with E-state index in [0.717, 1.165) is 0 Å². The predicted molar refractivity (Wildman–Crippen MR) is 85.9 cm³/mol. The van der Waals surface area contributed by atoms with Crippen LogP contribution in [0.25, 0.3) is 11.0 Å². The molecular formula is C16H11ClN4O2. The molecule has 6 nitrogen and oxygen atoms in total. The third kappa shape index (κ3) is 3.44. The van der Waals surface area contributed by atoms with Crippen LogP contribution in [0.3, 0.4) is 0 Å². The zero-order valence-electron chi connectivity index (χ0n) is 11.8. The number of amides is 2. The first-order valence-electron chi connectivity index (χ1n) is 6.71. The first-order chi connectivity index (χ1) is 11.1. The quantitative estimate of drug-likeness (QED) is 0.708. The number of hydrogen-bond donors (Lipinski definition) is 2. The van der Waals surface area contributed by atoms with E-state index in [9.17, 15) is 9.59 Å². The van der Waals surface area contributed by atoms with Crippen molar-refractivity contribution in [1.82, 2.24) is 20.8 Å². The smallest absolute Gasteiger partial charge is 0.267 e. The molecule has 0 saturated heterocycles. The number of carbonyl (C=O) groups is 2. The highest BCUT2D eigenvalue weighted by Crippen LogP contribution is 2.09. The fourth-order valence-corrected chi connectivity index (χ4v) is 2.04. The van der Waals surface area contributed by atoms with Crippen LogP contribution in [0.1, 0.15) is 20.8 Å². The summed E-state index contributed by atoms with van der Waals surface area (Å²) >= 11 is 5.75. The third-order valence-electron chi connectivity index (χ3n) is 3.08. The van der Waals surface area contributed by atoms with Crippen molar-refractivity contribution in [2.24, 2.45) is 0 Å². The molecule has 3 aromatic rings. The van der Waals surface area contributed by atoms with Gasteiger partial charge in [-0.3, -0.25) is 25.4 Å². The van der Waals surface area contributed by atoms with Crippen LogP contribution in [0.5, 0.6) is 0 Å². The zero-order valence-corrected chi connectivity index (χ0v) is 12.5. The van der Waals surface area contributed by atoms with Gasteiger partial charge < -0.3 is 0 Å². The SMILES string of the molecule is O=C(NNC(=O)c1cnc2ccccc2n1)c1ccc(Cl)cc1. The van der Waals surface area contributed by atoms with E-state index < -0.39 is 11.8 Å². The number of hydrogen-bond acceptors (Lipinski definition) is 4. The first-order valence-corrected chi connectivity index (χ1v) is 7.09. The Morgan fingerprint density at radius 1 is 0.870 bits per heavy atom. The second kappa shape index (κ2) is 6.41. The minimum atomic E-state index is -0.550.